The van der Waals surface area contributed by atoms with E-state index in [-0.39, 0.29) is 5.75 Å². The Labute approximate surface area is 71.0 Å². The van der Waals surface area contributed by atoms with Crippen molar-refractivity contribution in [3.8, 4) is 5.75 Å². The van der Waals surface area contributed by atoms with Crippen LogP contribution in [-0.2, 0) is 0 Å². The largest absolute Gasteiger partial charge is 0.506 e. The molecule has 2 nitrogen and oxygen atoms in total. The molecular weight excluding hydrogens is 162 g/mol. The minimum atomic E-state index is 0.123. The molecule has 0 atom stereocenters. The van der Waals surface area contributed by atoms with E-state index in [1.54, 1.807) is 12.1 Å². The van der Waals surface area contributed by atoms with Crippen LogP contribution in [0.4, 0.5) is 5.69 Å². The highest BCUT2D eigenvalue weighted by molar-refractivity contribution is 6.34. The topological polar surface area (TPSA) is 23.5 Å². The molecule has 0 aromatic heterocycles. The van der Waals surface area contributed by atoms with Crippen molar-refractivity contribution < 1.29 is 5.11 Å². The molecule has 0 saturated heterocycles. The van der Waals surface area contributed by atoms with E-state index in [0.717, 1.165) is 5.69 Å². The van der Waals surface area contributed by atoms with E-state index in [4.69, 9.17) is 11.6 Å². The maximum atomic E-state index is 9.19. The standard InChI is InChI=1S/C8H10ClNO/c1-10(2)6-4-3-5-7(11)8(6)9/h3-5,11H,1-2H3. The summed E-state index contributed by atoms with van der Waals surface area (Å²) in [5.41, 5.74) is 0.826. The number of phenolic OH excluding ortho intramolecular Hbond substituents is 1. The number of hydrogen-bond acceptors (Lipinski definition) is 2. The molecule has 0 fully saturated rings. The van der Waals surface area contributed by atoms with Crippen LogP contribution >= 0.6 is 11.6 Å². The molecule has 1 N–H and O–H groups in total. The average molecular weight is 172 g/mol. The number of aromatic hydroxyl groups is 1. The lowest BCUT2D eigenvalue weighted by atomic mass is 10.3. The molecule has 0 unspecified atom stereocenters. The predicted octanol–water partition coefficient (Wildman–Crippen LogP) is 2.11. The van der Waals surface area contributed by atoms with Gasteiger partial charge in [0.05, 0.1) is 5.69 Å². The first-order chi connectivity index (χ1) is 5.13. The van der Waals surface area contributed by atoms with Crippen LogP contribution in [0.2, 0.25) is 5.02 Å². The van der Waals surface area contributed by atoms with Gasteiger partial charge in [-0.25, -0.2) is 0 Å². The molecule has 60 valence electrons. The number of anilines is 1. The first-order valence-corrected chi connectivity index (χ1v) is 3.65. The van der Waals surface area contributed by atoms with Crippen LogP contribution < -0.4 is 4.90 Å². The van der Waals surface area contributed by atoms with Gasteiger partial charge in [0.25, 0.3) is 0 Å². The first-order valence-electron chi connectivity index (χ1n) is 3.27. The Bertz CT molecular complexity index is 260. The van der Waals surface area contributed by atoms with Crippen LogP contribution in [0.25, 0.3) is 0 Å². The Morgan fingerprint density at radius 1 is 1.36 bits per heavy atom. The summed E-state index contributed by atoms with van der Waals surface area (Å²) in [7, 11) is 3.75. The van der Waals surface area contributed by atoms with Gasteiger partial charge in [-0.3, -0.25) is 0 Å². The third-order valence-electron chi connectivity index (χ3n) is 1.44. The smallest absolute Gasteiger partial charge is 0.136 e. The van der Waals surface area contributed by atoms with Gasteiger partial charge in [0.1, 0.15) is 10.8 Å². The second kappa shape index (κ2) is 3.01. The Morgan fingerprint density at radius 2 is 2.00 bits per heavy atom. The summed E-state index contributed by atoms with van der Waals surface area (Å²) in [5, 5.41) is 9.59. The van der Waals surface area contributed by atoms with E-state index in [9.17, 15) is 5.11 Å². The van der Waals surface area contributed by atoms with E-state index in [1.165, 1.54) is 0 Å². The number of nitrogens with zero attached hydrogens (tertiary/aromatic N) is 1. The third-order valence-corrected chi connectivity index (χ3v) is 1.83. The van der Waals surface area contributed by atoms with Gasteiger partial charge in [-0.05, 0) is 12.1 Å². The maximum Gasteiger partial charge on any atom is 0.136 e. The lowest BCUT2D eigenvalue weighted by molar-refractivity contribution is 0.475. The summed E-state index contributed by atoms with van der Waals surface area (Å²) in [6, 6.07) is 5.17. The summed E-state index contributed by atoms with van der Waals surface area (Å²) in [5.74, 6) is 0.123. The highest BCUT2D eigenvalue weighted by Crippen LogP contribution is 2.31. The van der Waals surface area contributed by atoms with Crippen molar-refractivity contribution in [1.29, 1.82) is 0 Å². The lowest BCUT2D eigenvalue weighted by Crippen LogP contribution is -2.08. The molecule has 0 aliphatic carbocycles. The van der Waals surface area contributed by atoms with Crippen LogP contribution in [0.15, 0.2) is 18.2 Å². The van der Waals surface area contributed by atoms with Gasteiger partial charge >= 0.3 is 0 Å². The van der Waals surface area contributed by atoms with E-state index >= 15 is 0 Å². The van der Waals surface area contributed by atoms with Gasteiger partial charge in [-0.2, -0.15) is 0 Å². The minimum Gasteiger partial charge on any atom is -0.506 e. The zero-order valence-electron chi connectivity index (χ0n) is 6.50. The van der Waals surface area contributed by atoms with Crippen molar-refractivity contribution in [3.63, 3.8) is 0 Å². The van der Waals surface area contributed by atoms with Crippen LogP contribution in [0, 0.1) is 0 Å². The summed E-state index contributed by atoms with van der Waals surface area (Å²) in [6.45, 7) is 0. The quantitative estimate of drug-likeness (QED) is 0.700. The lowest BCUT2D eigenvalue weighted by Gasteiger charge is -2.14. The normalized spacial score (nSPS) is 9.73. The molecule has 0 spiro atoms. The van der Waals surface area contributed by atoms with E-state index < -0.39 is 0 Å². The van der Waals surface area contributed by atoms with Crippen LogP contribution in [-0.4, -0.2) is 19.2 Å². The third kappa shape index (κ3) is 1.57. The van der Waals surface area contributed by atoms with Gasteiger partial charge < -0.3 is 10.0 Å². The van der Waals surface area contributed by atoms with Crippen LogP contribution in [0.5, 0.6) is 5.75 Å². The second-order valence-electron chi connectivity index (χ2n) is 2.50. The zero-order valence-corrected chi connectivity index (χ0v) is 7.26. The number of halogens is 1. The van der Waals surface area contributed by atoms with Crippen molar-refractivity contribution in [2.45, 2.75) is 0 Å². The van der Waals surface area contributed by atoms with Gasteiger partial charge in [0.2, 0.25) is 0 Å². The fraction of sp³-hybridized carbons (Fsp3) is 0.250. The predicted molar refractivity (Wildman–Crippen MR) is 47.4 cm³/mol. The van der Waals surface area contributed by atoms with E-state index in [2.05, 4.69) is 0 Å². The van der Waals surface area contributed by atoms with Gasteiger partial charge in [0.15, 0.2) is 0 Å². The molecule has 0 aliphatic heterocycles. The van der Waals surface area contributed by atoms with Crippen molar-refractivity contribution in [2.75, 3.05) is 19.0 Å². The minimum absolute atomic E-state index is 0.123. The number of benzene rings is 1. The molecule has 0 saturated carbocycles. The highest BCUT2D eigenvalue weighted by atomic mass is 35.5. The van der Waals surface area contributed by atoms with E-state index in [1.807, 2.05) is 25.1 Å². The van der Waals surface area contributed by atoms with Crippen molar-refractivity contribution in [1.82, 2.24) is 0 Å². The molecule has 3 heteroatoms. The number of phenols is 1. The van der Waals surface area contributed by atoms with Crippen molar-refractivity contribution >= 4 is 17.3 Å². The van der Waals surface area contributed by atoms with Gasteiger partial charge in [0, 0.05) is 14.1 Å². The van der Waals surface area contributed by atoms with Crippen LogP contribution in [0.1, 0.15) is 0 Å². The Morgan fingerprint density at radius 3 is 2.45 bits per heavy atom. The molecule has 0 amide bonds. The molecule has 0 heterocycles. The highest BCUT2D eigenvalue weighted by Gasteiger charge is 2.04. The fourth-order valence-electron chi connectivity index (χ4n) is 0.853. The first kappa shape index (κ1) is 8.21. The molecule has 11 heavy (non-hydrogen) atoms. The SMILES string of the molecule is CN(C)c1cccc(O)c1Cl. The molecule has 1 rings (SSSR count). The second-order valence-corrected chi connectivity index (χ2v) is 2.88. The fourth-order valence-corrected chi connectivity index (χ4v) is 1.15. The van der Waals surface area contributed by atoms with Crippen molar-refractivity contribution in [2.24, 2.45) is 0 Å². The Kier molecular flexibility index (Phi) is 2.25. The molecule has 1 aromatic carbocycles. The summed E-state index contributed by atoms with van der Waals surface area (Å²) < 4.78 is 0. The number of hydrogen-bond donors (Lipinski definition) is 1. The Hall–Kier alpha value is -0.890. The van der Waals surface area contributed by atoms with Crippen LogP contribution in [0.3, 0.4) is 0 Å². The Balaban J connectivity index is 3.17. The molecule has 0 radical (unpaired) electrons. The molecule has 0 aliphatic rings. The summed E-state index contributed by atoms with van der Waals surface area (Å²) in [4.78, 5) is 1.85. The number of rotatable bonds is 1. The zero-order chi connectivity index (χ0) is 8.43. The maximum absolute atomic E-state index is 9.19. The average Bonchev–Trinajstić information content (AvgIpc) is 1.94. The van der Waals surface area contributed by atoms with Crippen molar-refractivity contribution in [3.05, 3.63) is 23.2 Å². The van der Waals surface area contributed by atoms with Gasteiger partial charge in [-0.1, -0.05) is 17.7 Å². The van der Waals surface area contributed by atoms with Gasteiger partial charge in [-0.15, -0.1) is 0 Å². The molecule has 1 aromatic rings. The summed E-state index contributed by atoms with van der Waals surface area (Å²) >= 11 is 5.80. The molecule has 0 bridgehead atoms. The summed E-state index contributed by atoms with van der Waals surface area (Å²) in [6.07, 6.45) is 0. The molecular formula is C8H10ClNO. The monoisotopic (exact) mass is 171 g/mol. The van der Waals surface area contributed by atoms with E-state index in [0.29, 0.717) is 5.02 Å².